The molecule has 0 amide bonds. The third-order valence-electron chi connectivity index (χ3n) is 2.66. The highest BCUT2D eigenvalue weighted by atomic mass is 35.5. The van der Waals surface area contributed by atoms with Crippen molar-refractivity contribution in [3.8, 4) is 0 Å². The third kappa shape index (κ3) is 3.48. The molecular formula is C13H10ClFN2O2. The largest absolute Gasteiger partial charge is 0.481 e. The van der Waals surface area contributed by atoms with Gasteiger partial charge in [0.05, 0.1) is 24.0 Å². The molecule has 0 aliphatic heterocycles. The Bertz CT molecular complexity index is 572. The summed E-state index contributed by atoms with van der Waals surface area (Å²) in [5, 5.41) is 9.49. The maximum Gasteiger partial charge on any atom is 0.311 e. The van der Waals surface area contributed by atoms with E-state index < -0.39 is 17.7 Å². The Kier molecular flexibility index (Phi) is 4.06. The van der Waals surface area contributed by atoms with Gasteiger partial charge in [-0.3, -0.25) is 9.78 Å². The number of hydrogen-bond donors (Lipinski definition) is 1. The van der Waals surface area contributed by atoms with Crippen molar-refractivity contribution in [1.82, 2.24) is 9.97 Å². The molecule has 4 nitrogen and oxygen atoms in total. The summed E-state index contributed by atoms with van der Waals surface area (Å²) in [6.45, 7) is 0. The zero-order chi connectivity index (χ0) is 13.8. The summed E-state index contributed by atoms with van der Waals surface area (Å²) in [7, 11) is 0. The van der Waals surface area contributed by atoms with E-state index in [4.69, 9.17) is 11.6 Å². The van der Waals surface area contributed by atoms with Crippen molar-refractivity contribution < 1.29 is 14.3 Å². The van der Waals surface area contributed by atoms with Gasteiger partial charge < -0.3 is 5.11 Å². The number of aromatic nitrogens is 2. The Morgan fingerprint density at radius 3 is 2.47 bits per heavy atom. The standard InChI is InChI=1S/C13H10ClFN2O2/c14-12-7-16-10(6-17-12)5-11(13(18)19)8-1-3-9(15)4-2-8/h1-4,6-7,11H,5H2,(H,18,19). The van der Waals surface area contributed by atoms with E-state index in [1.54, 1.807) is 0 Å². The summed E-state index contributed by atoms with van der Waals surface area (Å²) in [5.41, 5.74) is 1.03. The van der Waals surface area contributed by atoms with Crippen LogP contribution in [0.1, 0.15) is 17.2 Å². The lowest BCUT2D eigenvalue weighted by Crippen LogP contribution is -2.15. The van der Waals surface area contributed by atoms with E-state index in [-0.39, 0.29) is 11.6 Å². The Morgan fingerprint density at radius 1 is 1.26 bits per heavy atom. The van der Waals surface area contributed by atoms with Gasteiger partial charge in [-0.2, -0.15) is 0 Å². The number of benzene rings is 1. The minimum absolute atomic E-state index is 0.172. The van der Waals surface area contributed by atoms with Crippen molar-refractivity contribution in [2.75, 3.05) is 0 Å². The molecule has 0 aliphatic rings. The van der Waals surface area contributed by atoms with Crippen LogP contribution in [0.25, 0.3) is 0 Å². The Balaban J connectivity index is 2.23. The van der Waals surface area contributed by atoms with E-state index in [0.29, 0.717) is 11.3 Å². The number of halogens is 2. The minimum Gasteiger partial charge on any atom is -0.481 e. The monoisotopic (exact) mass is 280 g/mol. The van der Waals surface area contributed by atoms with E-state index in [0.717, 1.165) is 0 Å². The van der Waals surface area contributed by atoms with E-state index in [1.165, 1.54) is 36.7 Å². The second-order valence-electron chi connectivity index (χ2n) is 3.98. The van der Waals surface area contributed by atoms with Gasteiger partial charge in [-0.15, -0.1) is 0 Å². The molecule has 98 valence electrons. The molecule has 1 N–H and O–H groups in total. The van der Waals surface area contributed by atoms with Crippen LogP contribution >= 0.6 is 11.6 Å². The summed E-state index contributed by atoms with van der Waals surface area (Å²) in [5.74, 6) is -2.20. The van der Waals surface area contributed by atoms with Gasteiger partial charge in [0, 0.05) is 6.42 Å². The highest BCUT2D eigenvalue weighted by Gasteiger charge is 2.21. The van der Waals surface area contributed by atoms with Gasteiger partial charge in [-0.1, -0.05) is 23.7 Å². The molecule has 0 bridgehead atoms. The summed E-state index contributed by atoms with van der Waals surface area (Å²) >= 11 is 5.61. The van der Waals surface area contributed by atoms with Gasteiger partial charge in [0.1, 0.15) is 11.0 Å². The average molecular weight is 281 g/mol. The smallest absolute Gasteiger partial charge is 0.311 e. The first-order valence-corrected chi connectivity index (χ1v) is 5.89. The molecule has 6 heteroatoms. The molecule has 1 heterocycles. The van der Waals surface area contributed by atoms with E-state index >= 15 is 0 Å². The average Bonchev–Trinajstić information content (AvgIpc) is 2.39. The van der Waals surface area contributed by atoms with Crippen LogP contribution in [0, 0.1) is 5.82 Å². The van der Waals surface area contributed by atoms with E-state index in [9.17, 15) is 14.3 Å². The van der Waals surface area contributed by atoms with Crippen LogP contribution in [0.4, 0.5) is 4.39 Å². The molecule has 0 saturated heterocycles. The fourth-order valence-corrected chi connectivity index (χ4v) is 1.79. The fourth-order valence-electron chi connectivity index (χ4n) is 1.70. The quantitative estimate of drug-likeness (QED) is 0.935. The van der Waals surface area contributed by atoms with Crippen LogP contribution in [0.2, 0.25) is 5.15 Å². The molecule has 19 heavy (non-hydrogen) atoms. The molecule has 0 radical (unpaired) electrons. The van der Waals surface area contributed by atoms with Crippen molar-refractivity contribution >= 4 is 17.6 Å². The molecule has 2 rings (SSSR count). The van der Waals surface area contributed by atoms with E-state index in [1.807, 2.05) is 0 Å². The molecule has 0 saturated carbocycles. The van der Waals surface area contributed by atoms with Crippen molar-refractivity contribution in [1.29, 1.82) is 0 Å². The molecule has 2 aromatic rings. The lowest BCUT2D eigenvalue weighted by atomic mass is 9.94. The summed E-state index contributed by atoms with van der Waals surface area (Å²) < 4.78 is 12.8. The number of aliphatic carboxylic acids is 1. The van der Waals surface area contributed by atoms with Crippen molar-refractivity contribution in [2.24, 2.45) is 0 Å². The summed E-state index contributed by atoms with van der Waals surface area (Å²) in [6, 6.07) is 5.38. The molecule has 0 fully saturated rings. The molecule has 0 spiro atoms. The zero-order valence-corrected chi connectivity index (χ0v) is 10.5. The highest BCUT2D eigenvalue weighted by Crippen LogP contribution is 2.21. The number of hydrogen-bond acceptors (Lipinski definition) is 3. The van der Waals surface area contributed by atoms with Gasteiger partial charge in [0.15, 0.2) is 0 Å². The van der Waals surface area contributed by atoms with Crippen LogP contribution in [0.3, 0.4) is 0 Å². The number of carboxylic acids is 1. The van der Waals surface area contributed by atoms with E-state index in [2.05, 4.69) is 9.97 Å². The van der Waals surface area contributed by atoms with Gasteiger partial charge in [-0.25, -0.2) is 9.37 Å². The molecule has 1 aromatic heterocycles. The first-order chi connectivity index (χ1) is 9.06. The van der Waals surface area contributed by atoms with Gasteiger partial charge in [0.2, 0.25) is 0 Å². The second kappa shape index (κ2) is 5.75. The minimum atomic E-state index is -0.997. The Morgan fingerprint density at radius 2 is 1.95 bits per heavy atom. The zero-order valence-electron chi connectivity index (χ0n) is 9.75. The van der Waals surface area contributed by atoms with Crippen LogP contribution in [0.5, 0.6) is 0 Å². The molecule has 1 atom stereocenters. The molecule has 1 unspecified atom stereocenters. The van der Waals surface area contributed by atoms with Crippen LogP contribution in [0.15, 0.2) is 36.7 Å². The van der Waals surface area contributed by atoms with Crippen LogP contribution in [-0.2, 0) is 11.2 Å². The molecule has 0 aliphatic carbocycles. The maximum atomic E-state index is 12.8. The normalized spacial score (nSPS) is 12.1. The van der Waals surface area contributed by atoms with Crippen LogP contribution in [-0.4, -0.2) is 21.0 Å². The lowest BCUT2D eigenvalue weighted by Gasteiger charge is -2.12. The topological polar surface area (TPSA) is 63.1 Å². The number of rotatable bonds is 4. The Hall–Kier alpha value is -2.01. The maximum absolute atomic E-state index is 12.8. The summed E-state index contributed by atoms with van der Waals surface area (Å²) in [4.78, 5) is 19.1. The molecular weight excluding hydrogens is 271 g/mol. The Labute approximate surface area is 113 Å². The second-order valence-corrected chi connectivity index (χ2v) is 4.36. The number of nitrogens with zero attached hydrogens (tertiary/aromatic N) is 2. The molecule has 1 aromatic carbocycles. The highest BCUT2D eigenvalue weighted by molar-refractivity contribution is 6.29. The first kappa shape index (κ1) is 13.4. The first-order valence-electron chi connectivity index (χ1n) is 5.51. The summed E-state index contributed by atoms with van der Waals surface area (Å²) in [6.07, 6.45) is 2.97. The van der Waals surface area contributed by atoms with Gasteiger partial charge >= 0.3 is 5.97 Å². The third-order valence-corrected chi connectivity index (χ3v) is 2.85. The SMILES string of the molecule is O=C(O)C(Cc1cnc(Cl)cn1)c1ccc(F)cc1. The van der Waals surface area contributed by atoms with Gasteiger partial charge in [-0.05, 0) is 17.7 Å². The lowest BCUT2D eigenvalue weighted by molar-refractivity contribution is -0.138. The van der Waals surface area contributed by atoms with Crippen molar-refractivity contribution in [3.63, 3.8) is 0 Å². The van der Waals surface area contributed by atoms with Crippen molar-refractivity contribution in [3.05, 3.63) is 58.9 Å². The van der Waals surface area contributed by atoms with Crippen molar-refractivity contribution in [2.45, 2.75) is 12.3 Å². The van der Waals surface area contributed by atoms with Gasteiger partial charge in [0.25, 0.3) is 0 Å². The predicted molar refractivity (Wildman–Crippen MR) is 67.5 cm³/mol. The number of carboxylic acid groups (broad SMARTS) is 1. The fraction of sp³-hybridized carbons (Fsp3) is 0.154. The predicted octanol–water partition coefficient (Wildman–Crippen LogP) is 2.68. The number of carbonyl (C=O) groups is 1. The van der Waals surface area contributed by atoms with Crippen LogP contribution < -0.4 is 0 Å².